The zero-order valence-corrected chi connectivity index (χ0v) is 18.3. The molecule has 0 spiro atoms. The zero-order chi connectivity index (χ0) is 20.1. The molecule has 5 heteroatoms. The second-order valence-corrected chi connectivity index (χ2v) is 7.95. The van der Waals surface area contributed by atoms with Crippen LogP contribution in [0.25, 0.3) is 10.8 Å². The molecule has 2 aromatic carbocycles. The van der Waals surface area contributed by atoms with Crippen LogP contribution in [0.4, 0.5) is 0 Å². The zero-order valence-electron chi connectivity index (χ0n) is 17.5. The minimum absolute atomic E-state index is 0. The molecule has 1 fully saturated rings. The third-order valence-electron chi connectivity index (χ3n) is 5.97. The number of fused-ring (bicyclic) bond motifs is 1. The fraction of sp³-hybridized carbons (Fsp3) is 0.360. The highest BCUT2D eigenvalue weighted by Gasteiger charge is 2.29. The third kappa shape index (κ3) is 5.18. The number of nitrogens with zero attached hydrogens (tertiary/aromatic N) is 2. The molecular weight excluding hydrogens is 394 g/mol. The van der Waals surface area contributed by atoms with Crippen molar-refractivity contribution in [2.75, 3.05) is 13.1 Å². The predicted molar refractivity (Wildman–Crippen MR) is 125 cm³/mol. The Balaban J connectivity index is 0.00000256. The first-order valence-corrected chi connectivity index (χ1v) is 10.6. The number of carbonyl (C=O) groups is 1. The Morgan fingerprint density at radius 3 is 2.67 bits per heavy atom. The molecule has 2 unspecified atom stereocenters. The van der Waals surface area contributed by atoms with Crippen molar-refractivity contribution in [3.8, 4) is 0 Å². The number of aromatic nitrogens is 1. The van der Waals surface area contributed by atoms with Gasteiger partial charge in [0.2, 0.25) is 5.91 Å². The SMILES string of the molecule is CC(C(=O)N(Cc1ccccn1)C1CCCNCC1)c1ccc2ccccc2c1.Cl. The van der Waals surface area contributed by atoms with E-state index in [4.69, 9.17) is 0 Å². The van der Waals surface area contributed by atoms with Crippen molar-refractivity contribution < 1.29 is 4.79 Å². The van der Waals surface area contributed by atoms with Gasteiger partial charge in [-0.1, -0.05) is 48.5 Å². The van der Waals surface area contributed by atoms with E-state index in [9.17, 15) is 4.79 Å². The lowest BCUT2D eigenvalue weighted by Crippen LogP contribution is -2.42. The van der Waals surface area contributed by atoms with Crippen LogP contribution in [0.15, 0.2) is 66.9 Å². The Morgan fingerprint density at radius 1 is 1.07 bits per heavy atom. The molecule has 0 aliphatic carbocycles. The summed E-state index contributed by atoms with van der Waals surface area (Å²) in [6.45, 7) is 4.60. The van der Waals surface area contributed by atoms with Crippen molar-refractivity contribution in [1.29, 1.82) is 0 Å². The van der Waals surface area contributed by atoms with Crippen LogP contribution in [0.2, 0.25) is 0 Å². The molecule has 2 atom stereocenters. The van der Waals surface area contributed by atoms with Crippen molar-refractivity contribution in [2.24, 2.45) is 0 Å². The smallest absolute Gasteiger partial charge is 0.230 e. The van der Waals surface area contributed by atoms with Crippen LogP contribution in [-0.4, -0.2) is 34.9 Å². The third-order valence-corrected chi connectivity index (χ3v) is 5.97. The maximum atomic E-state index is 13.7. The van der Waals surface area contributed by atoms with Gasteiger partial charge in [0.05, 0.1) is 18.2 Å². The number of rotatable bonds is 5. The molecule has 0 bridgehead atoms. The molecule has 0 radical (unpaired) electrons. The van der Waals surface area contributed by atoms with Gasteiger partial charge in [-0.15, -0.1) is 12.4 Å². The summed E-state index contributed by atoms with van der Waals surface area (Å²) in [5.74, 6) is 0.0114. The first kappa shape index (κ1) is 22.3. The monoisotopic (exact) mass is 423 g/mol. The summed E-state index contributed by atoms with van der Waals surface area (Å²) in [5, 5.41) is 5.85. The molecule has 0 saturated carbocycles. The van der Waals surface area contributed by atoms with E-state index in [0.29, 0.717) is 6.54 Å². The topological polar surface area (TPSA) is 45.2 Å². The Morgan fingerprint density at radius 2 is 1.87 bits per heavy atom. The molecular formula is C25H30ClN3O. The van der Waals surface area contributed by atoms with Gasteiger partial charge in [0.25, 0.3) is 0 Å². The van der Waals surface area contributed by atoms with Crippen molar-refractivity contribution >= 4 is 29.1 Å². The summed E-state index contributed by atoms with van der Waals surface area (Å²) < 4.78 is 0. The number of amides is 1. The van der Waals surface area contributed by atoms with Gasteiger partial charge < -0.3 is 10.2 Å². The number of benzene rings is 2. The lowest BCUT2D eigenvalue weighted by atomic mass is 9.95. The van der Waals surface area contributed by atoms with Crippen molar-refractivity contribution in [3.63, 3.8) is 0 Å². The molecule has 1 saturated heterocycles. The van der Waals surface area contributed by atoms with Crippen molar-refractivity contribution in [1.82, 2.24) is 15.2 Å². The van der Waals surface area contributed by atoms with Crippen LogP contribution in [0.3, 0.4) is 0 Å². The molecule has 1 aliphatic heterocycles. The molecule has 1 aromatic heterocycles. The molecule has 1 N–H and O–H groups in total. The molecule has 4 rings (SSSR count). The molecule has 30 heavy (non-hydrogen) atoms. The molecule has 3 aromatic rings. The highest BCUT2D eigenvalue weighted by Crippen LogP contribution is 2.26. The van der Waals surface area contributed by atoms with Gasteiger partial charge in [-0.3, -0.25) is 9.78 Å². The van der Waals surface area contributed by atoms with E-state index in [1.54, 1.807) is 6.20 Å². The fourth-order valence-corrected chi connectivity index (χ4v) is 4.23. The summed E-state index contributed by atoms with van der Waals surface area (Å²) in [7, 11) is 0. The number of halogens is 1. The molecule has 4 nitrogen and oxygen atoms in total. The van der Waals surface area contributed by atoms with Crippen molar-refractivity contribution in [2.45, 2.75) is 44.7 Å². The second kappa shape index (κ2) is 10.6. The quantitative estimate of drug-likeness (QED) is 0.632. The standard InChI is InChI=1S/C25H29N3O.ClH/c1-19(21-12-11-20-7-2-3-8-22(20)17-21)25(29)28(18-23-9-4-5-15-27-23)24-10-6-14-26-16-13-24;/h2-5,7-9,11-12,15,17,19,24,26H,6,10,13-14,16,18H2,1H3;1H. The van der Waals surface area contributed by atoms with Crippen LogP contribution in [0.5, 0.6) is 0 Å². The van der Waals surface area contributed by atoms with Gasteiger partial charge in [-0.05, 0) is 67.7 Å². The minimum atomic E-state index is -0.181. The van der Waals surface area contributed by atoms with Crippen LogP contribution in [-0.2, 0) is 11.3 Å². The van der Waals surface area contributed by atoms with E-state index >= 15 is 0 Å². The average Bonchev–Trinajstić information content (AvgIpc) is 3.06. The normalized spacial score (nSPS) is 17.6. The minimum Gasteiger partial charge on any atom is -0.333 e. The number of pyridine rings is 1. The Hall–Kier alpha value is -2.43. The Bertz CT molecular complexity index is 955. The first-order chi connectivity index (χ1) is 14.2. The van der Waals surface area contributed by atoms with Crippen molar-refractivity contribution in [3.05, 3.63) is 78.1 Å². The Kier molecular flexibility index (Phi) is 7.83. The molecule has 1 aliphatic rings. The van der Waals surface area contributed by atoms with Gasteiger partial charge in [0, 0.05) is 12.2 Å². The lowest BCUT2D eigenvalue weighted by Gasteiger charge is -2.33. The lowest BCUT2D eigenvalue weighted by molar-refractivity contribution is -0.135. The van der Waals surface area contributed by atoms with Gasteiger partial charge >= 0.3 is 0 Å². The number of nitrogens with one attached hydrogen (secondary N) is 1. The van der Waals surface area contributed by atoms with Crippen LogP contribution >= 0.6 is 12.4 Å². The largest absolute Gasteiger partial charge is 0.333 e. The maximum absolute atomic E-state index is 13.7. The first-order valence-electron chi connectivity index (χ1n) is 10.6. The van der Waals surface area contributed by atoms with Gasteiger partial charge in [0.1, 0.15) is 0 Å². The second-order valence-electron chi connectivity index (χ2n) is 7.95. The summed E-state index contributed by atoms with van der Waals surface area (Å²) in [6, 6.07) is 20.9. The average molecular weight is 424 g/mol. The van der Waals surface area contributed by atoms with E-state index < -0.39 is 0 Å². The van der Waals surface area contributed by atoms with E-state index in [2.05, 4.69) is 45.5 Å². The number of hydrogen-bond acceptors (Lipinski definition) is 3. The predicted octanol–water partition coefficient (Wildman–Crippen LogP) is 4.93. The van der Waals surface area contributed by atoms with E-state index in [1.807, 2.05) is 37.3 Å². The highest BCUT2D eigenvalue weighted by molar-refractivity contribution is 5.87. The van der Waals surface area contributed by atoms with Crippen LogP contribution in [0.1, 0.15) is 43.4 Å². The Labute approximate surface area is 185 Å². The van der Waals surface area contributed by atoms with Gasteiger partial charge in [-0.25, -0.2) is 0 Å². The summed E-state index contributed by atoms with van der Waals surface area (Å²) in [4.78, 5) is 20.2. The maximum Gasteiger partial charge on any atom is 0.230 e. The van der Waals surface area contributed by atoms with Gasteiger partial charge in [-0.2, -0.15) is 0 Å². The van der Waals surface area contributed by atoms with Crippen LogP contribution in [0, 0.1) is 0 Å². The highest BCUT2D eigenvalue weighted by atomic mass is 35.5. The summed E-state index contributed by atoms with van der Waals surface area (Å²) in [5.41, 5.74) is 2.02. The van der Waals surface area contributed by atoms with E-state index in [0.717, 1.165) is 43.6 Å². The molecule has 2 heterocycles. The van der Waals surface area contributed by atoms with E-state index in [-0.39, 0.29) is 30.3 Å². The van der Waals surface area contributed by atoms with Gasteiger partial charge in [0.15, 0.2) is 0 Å². The van der Waals surface area contributed by atoms with E-state index in [1.165, 1.54) is 10.8 Å². The fourth-order valence-electron chi connectivity index (χ4n) is 4.23. The summed E-state index contributed by atoms with van der Waals surface area (Å²) in [6.07, 6.45) is 4.93. The number of hydrogen-bond donors (Lipinski definition) is 1. The number of carbonyl (C=O) groups excluding carboxylic acids is 1. The molecule has 158 valence electrons. The summed E-state index contributed by atoms with van der Waals surface area (Å²) >= 11 is 0. The van der Waals surface area contributed by atoms with Crippen LogP contribution < -0.4 is 5.32 Å². The molecule has 1 amide bonds.